The summed E-state index contributed by atoms with van der Waals surface area (Å²) >= 11 is 0. The van der Waals surface area contributed by atoms with Gasteiger partial charge in [-0.1, -0.05) is 0 Å². The number of rotatable bonds is 5. The Hall–Kier alpha value is -2.88. The molecule has 1 amide bonds. The Bertz CT molecular complexity index is 892. The number of nitrogens with one attached hydrogen (secondary N) is 1. The summed E-state index contributed by atoms with van der Waals surface area (Å²) in [6.45, 7) is 4.90. The number of carbonyl (C=O) groups is 1. The lowest BCUT2D eigenvalue weighted by molar-refractivity contribution is -0.146. The molecule has 1 unspecified atom stereocenters. The molecule has 28 heavy (non-hydrogen) atoms. The Morgan fingerprint density at radius 2 is 2.00 bits per heavy atom. The molecule has 7 nitrogen and oxygen atoms in total. The Kier molecular flexibility index (Phi) is 4.80. The summed E-state index contributed by atoms with van der Waals surface area (Å²) in [5.74, 6) is 3.05. The first-order chi connectivity index (χ1) is 13.5. The van der Waals surface area contributed by atoms with Crippen LogP contribution in [0.25, 0.3) is 0 Å². The largest absolute Gasteiger partial charge is 0.478 e. The molecule has 0 bridgehead atoms. The molecule has 1 aromatic heterocycles. The molecular weight excluding hydrogens is 354 g/mol. The second kappa shape index (κ2) is 7.27. The lowest BCUT2D eigenvalue weighted by atomic mass is 9.95. The number of nitrogens with zero attached hydrogens (tertiary/aromatic N) is 4. The SMILES string of the molecule is CC(C)(Oc1ccc(C#N)cc1)C(=O)N1CCCC(c2n[nH]c(C3CC3)n2)C1. The first kappa shape index (κ1) is 18.5. The minimum atomic E-state index is -0.992. The van der Waals surface area contributed by atoms with E-state index in [1.807, 2.05) is 4.90 Å². The zero-order valence-electron chi connectivity index (χ0n) is 16.3. The molecular formula is C21H25N5O2. The summed E-state index contributed by atoms with van der Waals surface area (Å²) in [6.07, 6.45) is 4.29. The van der Waals surface area contributed by atoms with E-state index < -0.39 is 5.60 Å². The number of aromatic amines is 1. The van der Waals surface area contributed by atoms with Gasteiger partial charge in [-0.05, 0) is 63.8 Å². The number of amides is 1. The average molecular weight is 379 g/mol. The van der Waals surface area contributed by atoms with Crippen molar-refractivity contribution in [3.05, 3.63) is 41.5 Å². The molecule has 1 saturated carbocycles. The van der Waals surface area contributed by atoms with E-state index in [-0.39, 0.29) is 11.8 Å². The van der Waals surface area contributed by atoms with Crippen LogP contribution in [0.3, 0.4) is 0 Å². The summed E-state index contributed by atoms with van der Waals surface area (Å²) in [4.78, 5) is 19.7. The van der Waals surface area contributed by atoms with Crippen LogP contribution in [-0.4, -0.2) is 44.7 Å². The molecule has 4 rings (SSSR count). The van der Waals surface area contributed by atoms with Crippen LogP contribution in [0.15, 0.2) is 24.3 Å². The van der Waals surface area contributed by atoms with Crippen LogP contribution in [-0.2, 0) is 4.79 Å². The fourth-order valence-electron chi connectivity index (χ4n) is 3.70. The third-order valence-corrected chi connectivity index (χ3v) is 5.43. The van der Waals surface area contributed by atoms with E-state index in [2.05, 4.69) is 21.3 Å². The lowest BCUT2D eigenvalue weighted by Gasteiger charge is -2.37. The van der Waals surface area contributed by atoms with Gasteiger partial charge in [-0.3, -0.25) is 9.89 Å². The number of H-pyrrole nitrogens is 1. The second-order valence-corrected chi connectivity index (χ2v) is 8.19. The molecule has 2 heterocycles. The molecule has 0 radical (unpaired) electrons. The Morgan fingerprint density at radius 1 is 1.25 bits per heavy atom. The highest BCUT2D eigenvalue weighted by Gasteiger charge is 2.38. The zero-order chi connectivity index (χ0) is 19.7. The van der Waals surface area contributed by atoms with Gasteiger partial charge in [-0.15, -0.1) is 0 Å². The number of hydrogen-bond acceptors (Lipinski definition) is 5. The van der Waals surface area contributed by atoms with Crippen molar-refractivity contribution in [3.8, 4) is 11.8 Å². The van der Waals surface area contributed by atoms with Crippen molar-refractivity contribution in [3.63, 3.8) is 0 Å². The first-order valence-corrected chi connectivity index (χ1v) is 9.87. The summed E-state index contributed by atoms with van der Waals surface area (Å²) < 4.78 is 5.96. The van der Waals surface area contributed by atoms with Crippen LogP contribution in [0, 0.1) is 11.3 Å². The maximum atomic E-state index is 13.1. The summed E-state index contributed by atoms with van der Waals surface area (Å²) in [5, 5.41) is 16.4. The Morgan fingerprint density at radius 3 is 2.68 bits per heavy atom. The molecule has 7 heteroatoms. The maximum Gasteiger partial charge on any atom is 0.266 e. The van der Waals surface area contributed by atoms with Gasteiger partial charge in [0.25, 0.3) is 5.91 Å². The standard InChI is InChI=1S/C21H25N5O2/c1-21(2,28-17-9-5-14(12-22)6-10-17)20(27)26-11-3-4-16(13-26)19-23-18(24-25-19)15-7-8-15/h5-6,9-10,15-16H,3-4,7-8,11,13H2,1-2H3,(H,23,24,25). The molecule has 2 aromatic rings. The molecule has 1 aliphatic heterocycles. The van der Waals surface area contributed by atoms with Crippen molar-refractivity contribution in [2.24, 2.45) is 0 Å². The van der Waals surface area contributed by atoms with E-state index >= 15 is 0 Å². The van der Waals surface area contributed by atoms with E-state index in [4.69, 9.17) is 10.00 Å². The Labute approximate surface area is 164 Å². The number of hydrogen-bond donors (Lipinski definition) is 1. The lowest BCUT2D eigenvalue weighted by Crippen LogP contribution is -2.51. The van der Waals surface area contributed by atoms with Crippen LogP contribution in [0.5, 0.6) is 5.75 Å². The van der Waals surface area contributed by atoms with Crippen LogP contribution < -0.4 is 4.74 Å². The highest BCUT2D eigenvalue weighted by atomic mass is 16.5. The van der Waals surface area contributed by atoms with Gasteiger partial charge in [0.2, 0.25) is 0 Å². The van der Waals surface area contributed by atoms with Crippen molar-refractivity contribution >= 4 is 5.91 Å². The smallest absolute Gasteiger partial charge is 0.266 e. The monoisotopic (exact) mass is 379 g/mol. The van der Waals surface area contributed by atoms with Gasteiger partial charge in [-0.2, -0.15) is 10.4 Å². The Balaban J connectivity index is 1.42. The number of ether oxygens (including phenoxy) is 1. The topological polar surface area (TPSA) is 94.9 Å². The summed E-state index contributed by atoms with van der Waals surface area (Å²) in [7, 11) is 0. The molecule has 1 aromatic carbocycles. The molecule has 0 spiro atoms. The van der Waals surface area contributed by atoms with Crippen molar-refractivity contribution in [2.75, 3.05) is 13.1 Å². The zero-order valence-corrected chi connectivity index (χ0v) is 16.3. The third-order valence-electron chi connectivity index (χ3n) is 5.43. The van der Waals surface area contributed by atoms with Gasteiger partial charge in [0.15, 0.2) is 11.4 Å². The fourth-order valence-corrected chi connectivity index (χ4v) is 3.70. The minimum absolute atomic E-state index is 0.0421. The molecule has 1 saturated heterocycles. The van der Waals surface area contributed by atoms with E-state index in [0.717, 1.165) is 31.0 Å². The van der Waals surface area contributed by atoms with Gasteiger partial charge in [0.05, 0.1) is 11.6 Å². The van der Waals surface area contributed by atoms with Crippen LogP contribution in [0.2, 0.25) is 0 Å². The van der Waals surface area contributed by atoms with E-state index in [1.165, 1.54) is 12.8 Å². The minimum Gasteiger partial charge on any atom is -0.478 e. The molecule has 146 valence electrons. The third kappa shape index (κ3) is 3.86. The number of carbonyl (C=O) groups excluding carboxylic acids is 1. The number of benzene rings is 1. The van der Waals surface area contributed by atoms with E-state index in [9.17, 15) is 4.79 Å². The van der Waals surface area contributed by atoms with Crippen LogP contribution >= 0.6 is 0 Å². The predicted octanol–water partition coefficient (Wildman–Crippen LogP) is 3.12. The van der Waals surface area contributed by atoms with Crippen molar-refractivity contribution in [1.82, 2.24) is 20.1 Å². The number of nitriles is 1. The molecule has 2 aliphatic rings. The van der Waals surface area contributed by atoms with Crippen molar-refractivity contribution in [2.45, 2.75) is 57.0 Å². The number of aromatic nitrogens is 3. The quantitative estimate of drug-likeness (QED) is 0.861. The van der Waals surface area contributed by atoms with Gasteiger partial charge in [-0.25, -0.2) is 4.98 Å². The maximum absolute atomic E-state index is 13.1. The summed E-state index contributed by atoms with van der Waals surface area (Å²) in [6, 6.07) is 8.90. The highest BCUT2D eigenvalue weighted by Crippen LogP contribution is 2.38. The second-order valence-electron chi connectivity index (χ2n) is 8.19. The van der Waals surface area contributed by atoms with Crippen LogP contribution in [0.4, 0.5) is 0 Å². The average Bonchev–Trinajstić information content (AvgIpc) is 3.44. The van der Waals surface area contributed by atoms with Gasteiger partial charge in [0.1, 0.15) is 11.6 Å². The number of likely N-dealkylation sites (tertiary alicyclic amines) is 1. The van der Waals surface area contributed by atoms with Crippen LogP contribution in [0.1, 0.15) is 68.6 Å². The molecule has 1 N–H and O–H groups in total. The van der Waals surface area contributed by atoms with Gasteiger partial charge < -0.3 is 9.64 Å². The molecule has 1 atom stereocenters. The van der Waals surface area contributed by atoms with E-state index in [0.29, 0.717) is 23.8 Å². The highest BCUT2D eigenvalue weighted by molar-refractivity contribution is 5.85. The van der Waals surface area contributed by atoms with Crippen molar-refractivity contribution < 1.29 is 9.53 Å². The summed E-state index contributed by atoms with van der Waals surface area (Å²) in [5.41, 5.74) is -0.429. The van der Waals surface area contributed by atoms with E-state index in [1.54, 1.807) is 38.1 Å². The van der Waals surface area contributed by atoms with Gasteiger partial charge >= 0.3 is 0 Å². The first-order valence-electron chi connectivity index (χ1n) is 9.87. The van der Waals surface area contributed by atoms with Gasteiger partial charge in [0, 0.05) is 24.9 Å². The normalized spacial score (nSPS) is 19.9. The fraction of sp³-hybridized carbons (Fsp3) is 0.524. The molecule has 1 aliphatic carbocycles. The predicted molar refractivity (Wildman–Crippen MR) is 103 cm³/mol. The molecule has 2 fully saturated rings. The van der Waals surface area contributed by atoms with Crippen molar-refractivity contribution in [1.29, 1.82) is 5.26 Å². The number of piperidine rings is 1.